The van der Waals surface area contributed by atoms with Crippen LogP contribution in [0.4, 0.5) is 4.39 Å². The van der Waals surface area contributed by atoms with Crippen LogP contribution >= 0.6 is 15.9 Å². The molecule has 0 unspecified atom stereocenters. The predicted molar refractivity (Wildman–Crippen MR) is 63.8 cm³/mol. The van der Waals surface area contributed by atoms with Gasteiger partial charge in [-0.05, 0) is 34.1 Å². The number of aromatic nitrogens is 1. The van der Waals surface area contributed by atoms with Crippen LogP contribution in [-0.2, 0) is 13.7 Å². The zero-order valence-corrected chi connectivity index (χ0v) is 10.4. The van der Waals surface area contributed by atoms with Gasteiger partial charge in [0.1, 0.15) is 6.61 Å². The van der Waals surface area contributed by atoms with E-state index in [2.05, 4.69) is 15.9 Å². The van der Waals surface area contributed by atoms with Crippen molar-refractivity contribution in [3.8, 4) is 5.75 Å². The summed E-state index contributed by atoms with van der Waals surface area (Å²) in [5.74, 6) is -0.0556. The van der Waals surface area contributed by atoms with Gasteiger partial charge >= 0.3 is 0 Å². The van der Waals surface area contributed by atoms with E-state index in [0.717, 1.165) is 10.2 Å². The van der Waals surface area contributed by atoms with E-state index in [-0.39, 0.29) is 11.6 Å². The monoisotopic (exact) mass is 283 g/mol. The summed E-state index contributed by atoms with van der Waals surface area (Å²) in [6.45, 7) is 0.361. The second-order valence-electron chi connectivity index (χ2n) is 3.50. The minimum atomic E-state index is -0.336. The van der Waals surface area contributed by atoms with Gasteiger partial charge in [-0.15, -0.1) is 0 Å². The molecule has 0 spiro atoms. The van der Waals surface area contributed by atoms with Crippen LogP contribution in [0.3, 0.4) is 0 Å². The Kier molecular flexibility index (Phi) is 3.29. The molecule has 2 rings (SSSR count). The highest BCUT2D eigenvalue weighted by molar-refractivity contribution is 9.10. The maximum atomic E-state index is 13.2. The Balaban J connectivity index is 2.05. The molecule has 1 aromatic carbocycles. The summed E-state index contributed by atoms with van der Waals surface area (Å²) >= 11 is 3.39. The van der Waals surface area contributed by atoms with Gasteiger partial charge in [-0.1, -0.05) is 12.1 Å². The standard InChI is InChI=1S/C12H11BrFNO/c1-15-7-9(6-12(15)13)8-16-11-5-3-2-4-10(11)14/h2-7H,8H2,1H3. The van der Waals surface area contributed by atoms with E-state index in [1.807, 2.05) is 23.9 Å². The molecule has 0 radical (unpaired) electrons. The van der Waals surface area contributed by atoms with Gasteiger partial charge in [0, 0.05) is 18.8 Å². The highest BCUT2D eigenvalue weighted by atomic mass is 79.9. The topological polar surface area (TPSA) is 14.2 Å². The maximum absolute atomic E-state index is 13.2. The number of rotatable bonds is 3. The van der Waals surface area contributed by atoms with Crippen molar-refractivity contribution in [2.24, 2.45) is 7.05 Å². The number of para-hydroxylation sites is 1. The largest absolute Gasteiger partial charge is 0.486 e. The molecule has 2 nitrogen and oxygen atoms in total. The van der Waals surface area contributed by atoms with Crippen molar-refractivity contribution >= 4 is 15.9 Å². The summed E-state index contributed by atoms with van der Waals surface area (Å²) in [4.78, 5) is 0. The zero-order valence-electron chi connectivity index (χ0n) is 8.78. The maximum Gasteiger partial charge on any atom is 0.165 e. The van der Waals surface area contributed by atoms with Crippen LogP contribution in [0.2, 0.25) is 0 Å². The van der Waals surface area contributed by atoms with Crippen LogP contribution in [0.1, 0.15) is 5.56 Å². The first-order valence-corrected chi connectivity index (χ1v) is 5.64. The van der Waals surface area contributed by atoms with E-state index >= 15 is 0 Å². The van der Waals surface area contributed by atoms with E-state index < -0.39 is 0 Å². The van der Waals surface area contributed by atoms with E-state index in [0.29, 0.717) is 6.61 Å². The number of nitrogens with zero attached hydrogens (tertiary/aromatic N) is 1. The van der Waals surface area contributed by atoms with Crippen molar-refractivity contribution in [2.75, 3.05) is 0 Å². The Labute approximate surface area is 102 Å². The third kappa shape index (κ3) is 2.44. The molecule has 0 bridgehead atoms. The van der Waals surface area contributed by atoms with E-state index in [1.54, 1.807) is 18.2 Å². The third-order valence-electron chi connectivity index (χ3n) is 2.23. The second-order valence-corrected chi connectivity index (χ2v) is 4.31. The summed E-state index contributed by atoms with van der Waals surface area (Å²) in [7, 11) is 1.93. The van der Waals surface area contributed by atoms with Gasteiger partial charge < -0.3 is 9.30 Å². The molecule has 0 saturated heterocycles. The van der Waals surface area contributed by atoms with Crippen molar-refractivity contribution < 1.29 is 9.13 Å². The normalized spacial score (nSPS) is 10.4. The van der Waals surface area contributed by atoms with Gasteiger partial charge in [-0.2, -0.15) is 0 Å². The number of hydrogen-bond donors (Lipinski definition) is 0. The lowest BCUT2D eigenvalue weighted by Gasteiger charge is -2.04. The number of aryl methyl sites for hydroxylation is 1. The molecule has 0 aliphatic rings. The van der Waals surface area contributed by atoms with Crippen LogP contribution in [0, 0.1) is 5.82 Å². The third-order valence-corrected chi connectivity index (χ3v) is 3.02. The van der Waals surface area contributed by atoms with Gasteiger partial charge in [0.2, 0.25) is 0 Å². The van der Waals surface area contributed by atoms with Crippen molar-refractivity contribution in [2.45, 2.75) is 6.61 Å². The molecule has 4 heteroatoms. The zero-order chi connectivity index (χ0) is 11.5. The molecule has 1 aromatic heterocycles. The Morgan fingerprint density at radius 1 is 1.38 bits per heavy atom. The summed E-state index contributed by atoms with van der Waals surface area (Å²) in [5.41, 5.74) is 0.998. The van der Waals surface area contributed by atoms with Crippen molar-refractivity contribution in [1.82, 2.24) is 4.57 Å². The molecule has 0 saturated carbocycles. The molecule has 0 amide bonds. The van der Waals surface area contributed by atoms with Crippen LogP contribution in [0.5, 0.6) is 5.75 Å². The average molecular weight is 284 g/mol. The number of ether oxygens (including phenoxy) is 1. The quantitative estimate of drug-likeness (QED) is 0.841. The van der Waals surface area contributed by atoms with E-state index in [9.17, 15) is 4.39 Å². The first kappa shape index (κ1) is 11.2. The van der Waals surface area contributed by atoms with Crippen LogP contribution in [-0.4, -0.2) is 4.57 Å². The van der Waals surface area contributed by atoms with Crippen molar-refractivity contribution in [3.05, 3.63) is 52.5 Å². The van der Waals surface area contributed by atoms with E-state index in [4.69, 9.17) is 4.74 Å². The first-order chi connectivity index (χ1) is 7.66. The highest BCUT2D eigenvalue weighted by Gasteiger charge is 2.04. The van der Waals surface area contributed by atoms with Gasteiger partial charge in [-0.3, -0.25) is 0 Å². The lowest BCUT2D eigenvalue weighted by atomic mass is 10.3. The van der Waals surface area contributed by atoms with Crippen LogP contribution in [0.15, 0.2) is 41.1 Å². The fourth-order valence-electron chi connectivity index (χ4n) is 1.40. The first-order valence-electron chi connectivity index (χ1n) is 4.85. The average Bonchev–Trinajstić information content (AvgIpc) is 2.57. The highest BCUT2D eigenvalue weighted by Crippen LogP contribution is 2.19. The molecule has 0 fully saturated rings. The molecular formula is C12H11BrFNO. The minimum Gasteiger partial charge on any atom is -0.486 e. The number of benzene rings is 1. The van der Waals surface area contributed by atoms with Gasteiger partial charge in [-0.25, -0.2) is 4.39 Å². The Morgan fingerprint density at radius 2 is 2.12 bits per heavy atom. The fraction of sp³-hybridized carbons (Fsp3) is 0.167. The van der Waals surface area contributed by atoms with Crippen LogP contribution in [0.25, 0.3) is 0 Å². The molecule has 0 aliphatic heterocycles. The summed E-state index contributed by atoms with van der Waals surface area (Å²) in [5, 5.41) is 0. The van der Waals surface area contributed by atoms with Crippen molar-refractivity contribution in [1.29, 1.82) is 0 Å². The van der Waals surface area contributed by atoms with Crippen molar-refractivity contribution in [3.63, 3.8) is 0 Å². The molecule has 1 heterocycles. The Bertz CT molecular complexity index is 476. The second kappa shape index (κ2) is 4.70. The minimum absolute atomic E-state index is 0.280. The molecule has 2 aromatic rings. The molecule has 0 N–H and O–H groups in total. The molecular weight excluding hydrogens is 273 g/mol. The SMILES string of the molecule is Cn1cc(COc2ccccc2F)cc1Br. The lowest BCUT2D eigenvalue weighted by molar-refractivity contribution is 0.290. The Morgan fingerprint density at radius 3 is 2.75 bits per heavy atom. The van der Waals surface area contributed by atoms with E-state index in [1.165, 1.54) is 6.07 Å². The molecule has 84 valence electrons. The fourth-order valence-corrected chi connectivity index (χ4v) is 1.80. The molecule has 0 aliphatic carbocycles. The number of halogens is 2. The Hall–Kier alpha value is -1.29. The predicted octanol–water partition coefficient (Wildman–Crippen LogP) is 3.51. The van der Waals surface area contributed by atoms with Gasteiger partial charge in [0.05, 0.1) is 4.60 Å². The van der Waals surface area contributed by atoms with Crippen LogP contribution < -0.4 is 4.74 Å². The van der Waals surface area contributed by atoms with Gasteiger partial charge in [0.15, 0.2) is 11.6 Å². The number of hydrogen-bond acceptors (Lipinski definition) is 1. The lowest BCUT2D eigenvalue weighted by Crippen LogP contribution is -1.96. The summed E-state index contributed by atoms with van der Waals surface area (Å²) < 4.78 is 21.5. The summed E-state index contributed by atoms with van der Waals surface area (Å²) in [6.07, 6.45) is 1.94. The smallest absolute Gasteiger partial charge is 0.165 e. The van der Waals surface area contributed by atoms with Gasteiger partial charge in [0.25, 0.3) is 0 Å². The molecule has 16 heavy (non-hydrogen) atoms. The summed E-state index contributed by atoms with van der Waals surface area (Å²) in [6, 6.07) is 8.34. The molecule has 0 atom stereocenters.